The summed E-state index contributed by atoms with van der Waals surface area (Å²) in [6, 6.07) is 13.4. The highest BCUT2D eigenvalue weighted by Crippen LogP contribution is 2.34. The van der Waals surface area contributed by atoms with Crippen molar-refractivity contribution >= 4 is 28.6 Å². The number of para-hydroxylation sites is 1. The van der Waals surface area contributed by atoms with Crippen LogP contribution in [0.25, 0.3) is 17.0 Å². The third kappa shape index (κ3) is 3.51. The first-order chi connectivity index (χ1) is 12.6. The number of nitrogens with zero attached hydrogens (tertiary/aromatic N) is 2. The van der Waals surface area contributed by atoms with Crippen LogP contribution in [-0.4, -0.2) is 23.0 Å². The van der Waals surface area contributed by atoms with Crippen LogP contribution in [0.3, 0.4) is 0 Å². The van der Waals surface area contributed by atoms with Crippen molar-refractivity contribution in [1.29, 1.82) is 0 Å². The zero-order valence-electron chi connectivity index (χ0n) is 13.8. The van der Waals surface area contributed by atoms with Crippen molar-refractivity contribution in [2.24, 2.45) is 0 Å². The Labute approximate surface area is 148 Å². The van der Waals surface area contributed by atoms with Crippen LogP contribution in [0.5, 0.6) is 11.5 Å². The SMILES string of the molecule is COc1ccccc1C=CC(=O)Oc1c([N+](=O)[O-])ccc2cccnc12. The molecule has 1 aromatic heterocycles. The number of hydrogen-bond donors (Lipinski definition) is 0. The van der Waals surface area contributed by atoms with E-state index in [-0.39, 0.29) is 17.0 Å². The minimum Gasteiger partial charge on any atom is -0.496 e. The Hall–Kier alpha value is -3.74. The molecule has 0 aliphatic heterocycles. The largest absolute Gasteiger partial charge is 0.496 e. The summed E-state index contributed by atoms with van der Waals surface area (Å²) in [5, 5.41) is 11.9. The number of nitro groups is 1. The number of pyridine rings is 1. The number of benzene rings is 2. The second-order valence-electron chi connectivity index (χ2n) is 5.24. The highest BCUT2D eigenvalue weighted by atomic mass is 16.6. The minimum atomic E-state index is -0.753. The van der Waals surface area contributed by atoms with E-state index in [9.17, 15) is 14.9 Å². The number of rotatable bonds is 5. The molecule has 0 unspecified atom stereocenters. The third-order valence-electron chi connectivity index (χ3n) is 3.64. The molecule has 26 heavy (non-hydrogen) atoms. The van der Waals surface area contributed by atoms with Crippen molar-refractivity contribution in [2.75, 3.05) is 7.11 Å². The highest BCUT2D eigenvalue weighted by molar-refractivity contribution is 5.95. The van der Waals surface area contributed by atoms with Crippen LogP contribution in [0.1, 0.15) is 5.56 Å². The molecule has 0 aliphatic rings. The number of carbonyl (C=O) groups is 1. The maximum Gasteiger partial charge on any atom is 0.336 e. The van der Waals surface area contributed by atoms with Gasteiger partial charge in [-0.2, -0.15) is 0 Å². The summed E-state index contributed by atoms with van der Waals surface area (Å²) in [6.45, 7) is 0. The van der Waals surface area contributed by atoms with Crippen LogP contribution in [-0.2, 0) is 4.79 Å². The molecule has 0 fully saturated rings. The summed E-state index contributed by atoms with van der Waals surface area (Å²) in [5.41, 5.74) is 0.605. The molecule has 0 radical (unpaired) electrons. The summed E-state index contributed by atoms with van der Waals surface area (Å²) in [7, 11) is 1.52. The van der Waals surface area contributed by atoms with E-state index >= 15 is 0 Å². The van der Waals surface area contributed by atoms with E-state index in [2.05, 4.69) is 4.98 Å². The molecule has 0 spiro atoms. The Morgan fingerprint density at radius 3 is 2.73 bits per heavy atom. The number of fused-ring (bicyclic) bond motifs is 1. The van der Waals surface area contributed by atoms with Crippen molar-refractivity contribution in [2.45, 2.75) is 0 Å². The topological polar surface area (TPSA) is 91.6 Å². The molecule has 0 aliphatic carbocycles. The van der Waals surface area contributed by atoms with E-state index in [0.29, 0.717) is 16.7 Å². The van der Waals surface area contributed by atoms with Gasteiger partial charge in [0, 0.05) is 29.3 Å². The second kappa shape index (κ2) is 7.43. The molecular weight excluding hydrogens is 336 g/mol. The molecule has 0 saturated heterocycles. The normalized spacial score (nSPS) is 10.8. The predicted molar refractivity (Wildman–Crippen MR) is 96.1 cm³/mol. The van der Waals surface area contributed by atoms with Gasteiger partial charge in [-0.25, -0.2) is 4.79 Å². The molecule has 3 rings (SSSR count). The number of aromatic nitrogens is 1. The number of carbonyl (C=O) groups excluding carboxylic acids is 1. The maximum absolute atomic E-state index is 12.2. The lowest BCUT2D eigenvalue weighted by Crippen LogP contribution is -2.07. The van der Waals surface area contributed by atoms with Gasteiger partial charge < -0.3 is 9.47 Å². The van der Waals surface area contributed by atoms with Gasteiger partial charge in [-0.05, 0) is 24.3 Å². The van der Waals surface area contributed by atoms with Crippen LogP contribution in [0, 0.1) is 10.1 Å². The van der Waals surface area contributed by atoms with E-state index in [4.69, 9.17) is 9.47 Å². The Kier molecular flexibility index (Phi) is 4.89. The zero-order valence-corrected chi connectivity index (χ0v) is 13.8. The summed E-state index contributed by atoms with van der Waals surface area (Å²) in [6.07, 6.45) is 4.18. The first kappa shape index (κ1) is 17.1. The maximum atomic E-state index is 12.2. The number of nitro benzene ring substituents is 1. The fraction of sp³-hybridized carbons (Fsp3) is 0.0526. The van der Waals surface area contributed by atoms with Crippen LogP contribution in [0.15, 0.2) is 60.8 Å². The van der Waals surface area contributed by atoms with Gasteiger partial charge in [0.25, 0.3) is 0 Å². The summed E-state index contributed by atoms with van der Waals surface area (Å²) >= 11 is 0. The van der Waals surface area contributed by atoms with Gasteiger partial charge in [0.1, 0.15) is 11.3 Å². The predicted octanol–water partition coefficient (Wildman–Crippen LogP) is 3.77. The van der Waals surface area contributed by atoms with Crippen molar-refractivity contribution in [3.8, 4) is 11.5 Å². The fourth-order valence-corrected chi connectivity index (χ4v) is 2.45. The molecule has 130 valence electrons. The molecule has 1 heterocycles. The molecule has 0 saturated carbocycles. The van der Waals surface area contributed by atoms with Crippen LogP contribution in [0.2, 0.25) is 0 Å². The van der Waals surface area contributed by atoms with E-state index in [1.165, 1.54) is 31.5 Å². The quantitative estimate of drug-likeness (QED) is 0.229. The lowest BCUT2D eigenvalue weighted by Gasteiger charge is -2.06. The lowest BCUT2D eigenvalue weighted by molar-refractivity contribution is -0.385. The van der Waals surface area contributed by atoms with Gasteiger partial charge >= 0.3 is 11.7 Å². The van der Waals surface area contributed by atoms with Gasteiger partial charge in [0.2, 0.25) is 5.75 Å². The Morgan fingerprint density at radius 2 is 1.96 bits per heavy atom. The van der Waals surface area contributed by atoms with Crippen molar-refractivity contribution in [1.82, 2.24) is 4.98 Å². The van der Waals surface area contributed by atoms with Gasteiger partial charge in [0.05, 0.1) is 12.0 Å². The number of methoxy groups -OCH3 is 1. The second-order valence-corrected chi connectivity index (χ2v) is 5.24. The van der Waals surface area contributed by atoms with Crippen LogP contribution < -0.4 is 9.47 Å². The van der Waals surface area contributed by atoms with Crippen molar-refractivity contribution < 1.29 is 19.2 Å². The molecule has 0 amide bonds. The molecule has 0 atom stereocenters. The van der Waals surface area contributed by atoms with Gasteiger partial charge in [0.15, 0.2) is 0 Å². The van der Waals surface area contributed by atoms with Gasteiger partial charge in [-0.3, -0.25) is 15.1 Å². The average molecular weight is 350 g/mol. The van der Waals surface area contributed by atoms with E-state index in [1.807, 2.05) is 0 Å². The molecule has 2 aromatic carbocycles. The summed E-state index contributed by atoms with van der Waals surface area (Å²) in [5.74, 6) is -0.339. The van der Waals surface area contributed by atoms with E-state index in [1.54, 1.807) is 42.5 Å². The molecule has 3 aromatic rings. The summed E-state index contributed by atoms with van der Waals surface area (Å²) < 4.78 is 10.4. The van der Waals surface area contributed by atoms with Crippen LogP contribution >= 0.6 is 0 Å². The third-order valence-corrected chi connectivity index (χ3v) is 3.64. The first-order valence-electron chi connectivity index (χ1n) is 7.65. The minimum absolute atomic E-state index is 0.178. The monoisotopic (exact) mass is 350 g/mol. The van der Waals surface area contributed by atoms with Gasteiger partial charge in [-0.1, -0.05) is 24.3 Å². The Bertz CT molecular complexity index is 1010. The van der Waals surface area contributed by atoms with E-state index in [0.717, 1.165) is 0 Å². The number of hydrogen-bond acceptors (Lipinski definition) is 6. The lowest BCUT2D eigenvalue weighted by atomic mass is 10.2. The fourth-order valence-electron chi connectivity index (χ4n) is 2.45. The first-order valence-corrected chi connectivity index (χ1v) is 7.65. The standard InChI is InChI=1S/C19H14N2O5/c1-25-16-7-3-2-5-13(16)9-11-17(22)26-19-15(21(23)24)10-8-14-6-4-12-20-18(14)19/h2-12H,1H3. The van der Waals surface area contributed by atoms with Crippen LogP contribution in [0.4, 0.5) is 5.69 Å². The Balaban J connectivity index is 1.93. The van der Waals surface area contributed by atoms with E-state index < -0.39 is 10.9 Å². The molecular formula is C19H14N2O5. The number of esters is 1. The number of ether oxygens (including phenoxy) is 2. The molecule has 7 nitrogen and oxygen atoms in total. The average Bonchev–Trinajstić information content (AvgIpc) is 2.66. The van der Waals surface area contributed by atoms with Gasteiger partial charge in [-0.15, -0.1) is 0 Å². The summed E-state index contributed by atoms with van der Waals surface area (Å²) in [4.78, 5) is 27.0. The zero-order chi connectivity index (χ0) is 18.5. The highest BCUT2D eigenvalue weighted by Gasteiger charge is 2.21. The molecule has 7 heteroatoms. The molecule has 0 N–H and O–H groups in total. The smallest absolute Gasteiger partial charge is 0.336 e. The Morgan fingerprint density at radius 1 is 1.15 bits per heavy atom. The van der Waals surface area contributed by atoms with Crippen molar-refractivity contribution in [3.63, 3.8) is 0 Å². The van der Waals surface area contributed by atoms with Crippen molar-refractivity contribution in [3.05, 3.63) is 76.5 Å². The molecule has 0 bridgehead atoms.